The van der Waals surface area contributed by atoms with Gasteiger partial charge in [0, 0.05) is 7.11 Å². The van der Waals surface area contributed by atoms with Gasteiger partial charge in [-0.05, 0) is 18.8 Å². The molecule has 0 aliphatic carbocycles. The van der Waals surface area contributed by atoms with Crippen LogP contribution in [0.3, 0.4) is 0 Å². The van der Waals surface area contributed by atoms with Gasteiger partial charge in [-0.3, -0.25) is 0 Å². The number of hydrogen-bond donors (Lipinski definition) is 0. The van der Waals surface area contributed by atoms with Crippen LogP contribution < -0.4 is 0 Å². The van der Waals surface area contributed by atoms with E-state index in [2.05, 4.69) is 20.8 Å². The van der Waals surface area contributed by atoms with Gasteiger partial charge in [0.15, 0.2) is 0 Å². The smallest absolute Gasteiger partial charge is 0.0573 e. The highest BCUT2D eigenvalue weighted by atomic mass is 16.5. The summed E-state index contributed by atoms with van der Waals surface area (Å²) in [6, 6.07) is 0. The van der Waals surface area contributed by atoms with E-state index >= 15 is 0 Å². The van der Waals surface area contributed by atoms with Crippen molar-refractivity contribution in [3.8, 4) is 0 Å². The maximum Gasteiger partial charge on any atom is 0.0573 e. The van der Waals surface area contributed by atoms with Crippen LogP contribution in [0.15, 0.2) is 0 Å². The fraction of sp³-hybridized carbons (Fsp3) is 1.00. The Morgan fingerprint density at radius 1 is 1.27 bits per heavy atom. The zero-order chi connectivity index (χ0) is 8.69. The van der Waals surface area contributed by atoms with E-state index in [1.165, 1.54) is 25.7 Å². The van der Waals surface area contributed by atoms with E-state index in [0.717, 1.165) is 5.92 Å². The Hall–Kier alpha value is -0.0400. The van der Waals surface area contributed by atoms with E-state index in [1.807, 2.05) is 7.11 Å². The minimum atomic E-state index is 0.495. The summed E-state index contributed by atoms with van der Waals surface area (Å²) >= 11 is 0. The molecule has 0 bridgehead atoms. The standard InChI is InChI=1S/C10H22O/c1-5-7-10(11-4)8-9(3)6-2/h9-10H,5-8H2,1-4H3. The van der Waals surface area contributed by atoms with Crippen LogP contribution in [0.25, 0.3) is 0 Å². The third kappa shape index (κ3) is 5.25. The van der Waals surface area contributed by atoms with Crippen molar-refractivity contribution in [2.24, 2.45) is 5.92 Å². The molecule has 0 heterocycles. The van der Waals surface area contributed by atoms with E-state index in [4.69, 9.17) is 4.74 Å². The second kappa shape index (κ2) is 6.66. The summed E-state index contributed by atoms with van der Waals surface area (Å²) in [5.74, 6) is 0.812. The molecule has 0 rings (SSSR count). The monoisotopic (exact) mass is 158 g/mol. The first-order valence-electron chi connectivity index (χ1n) is 4.77. The van der Waals surface area contributed by atoms with Crippen LogP contribution >= 0.6 is 0 Å². The molecule has 0 aromatic heterocycles. The molecular formula is C10H22O. The molecule has 0 amide bonds. The van der Waals surface area contributed by atoms with E-state index in [0.29, 0.717) is 6.10 Å². The molecule has 0 aromatic carbocycles. The molecule has 1 heteroatoms. The minimum Gasteiger partial charge on any atom is -0.381 e. The fourth-order valence-electron chi connectivity index (χ4n) is 1.27. The predicted octanol–water partition coefficient (Wildman–Crippen LogP) is 3.24. The molecule has 0 aliphatic heterocycles. The highest BCUT2D eigenvalue weighted by Gasteiger charge is 2.09. The second-order valence-corrected chi connectivity index (χ2v) is 3.40. The van der Waals surface area contributed by atoms with Gasteiger partial charge in [0.25, 0.3) is 0 Å². The van der Waals surface area contributed by atoms with Crippen molar-refractivity contribution in [3.63, 3.8) is 0 Å². The van der Waals surface area contributed by atoms with E-state index in [1.54, 1.807) is 0 Å². The minimum absolute atomic E-state index is 0.495. The van der Waals surface area contributed by atoms with Gasteiger partial charge in [0.1, 0.15) is 0 Å². The topological polar surface area (TPSA) is 9.23 Å². The number of methoxy groups -OCH3 is 1. The van der Waals surface area contributed by atoms with Crippen LogP contribution in [0.1, 0.15) is 46.5 Å². The predicted molar refractivity (Wildman–Crippen MR) is 49.8 cm³/mol. The van der Waals surface area contributed by atoms with Gasteiger partial charge in [0.05, 0.1) is 6.10 Å². The van der Waals surface area contributed by atoms with Crippen LogP contribution in [-0.2, 0) is 4.74 Å². The molecule has 0 radical (unpaired) electrons. The van der Waals surface area contributed by atoms with Gasteiger partial charge >= 0.3 is 0 Å². The van der Waals surface area contributed by atoms with Gasteiger partial charge in [-0.25, -0.2) is 0 Å². The maximum atomic E-state index is 5.36. The van der Waals surface area contributed by atoms with Crippen LogP contribution in [0.5, 0.6) is 0 Å². The summed E-state index contributed by atoms with van der Waals surface area (Å²) in [5, 5.41) is 0. The zero-order valence-corrected chi connectivity index (χ0v) is 8.39. The lowest BCUT2D eigenvalue weighted by molar-refractivity contribution is 0.0743. The summed E-state index contributed by atoms with van der Waals surface area (Å²) in [4.78, 5) is 0. The van der Waals surface area contributed by atoms with Crippen molar-refractivity contribution in [2.75, 3.05) is 7.11 Å². The van der Waals surface area contributed by atoms with Crippen LogP contribution in [0.2, 0.25) is 0 Å². The Morgan fingerprint density at radius 3 is 2.27 bits per heavy atom. The molecule has 11 heavy (non-hydrogen) atoms. The molecule has 0 N–H and O–H groups in total. The number of rotatable bonds is 6. The SMILES string of the molecule is CCCC(CC(C)CC)OC. The Labute approximate surface area is 71.1 Å². The van der Waals surface area contributed by atoms with Crippen molar-refractivity contribution < 1.29 is 4.74 Å². The molecule has 1 nitrogen and oxygen atoms in total. The van der Waals surface area contributed by atoms with Crippen LogP contribution in [0, 0.1) is 5.92 Å². The molecule has 0 saturated carbocycles. The third-order valence-electron chi connectivity index (χ3n) is 2.31. The van der Waals surface area contributed by atoms with Crippen LogP contribution in [0.4, 0.5) is 0 Å². The molecule has 2 atom stereocenters. The van der Waals surface area contributed by atoms with Gasteiger partial charge in [-0.2, -0.15) is 0 Å². The van der Waals surface area contributed by atoms with Gasteiger partial charge in [-0.1, -0.05) is 33.6 Å². The molecule has 0 fully saturated rings. The Morgan fingerprint density at radius 2 is 1.91 bits per heavy atom. The Balaban J connectivity index is 3.49. The molecule has 0 spiro atoms. The summed E-state index contributed by atoms with van der Waals surface area (Å²) in [6.45, 7) is 6.74. The normalized spacial score (nSPS) is 16.4. The quantitative estimate of drug-likeness (QED) is 0.576. The zero-order valence-electron chi connectivity index (χ0n) is 8.39. The first-order valence-corrected chi connectivity index (χ1v) is 4.77. The van der Waals surface area contributed by atoms with E-state index < -0.39 is 0 Å². The van der Waals surface area contributed by atoms with Crippen molar-refractivity contribution in [1.29, 1.82) is 0 Å². The first kappa shape index (κ1) is 11.0. The van der Waals surface area contributed by atoms with Gasteiger partial charge in [0.2, 0.25) is 0 Å². The van der Waals surface area contributed by atoms with Crippen molar-refractivity contribution in [2.45, 2.75) is 52.6 Å². The summed E-state index contributed by atoms with van der Waals surface area (Å²) < 4.78 is 5.36. The fourth-order valence-corrected chi connectivity index (χ4v) is 1.27. The first-order chi connectivity index (χ1) is 5.24. The number of hydrogen-bond acceptors (Lipinski definition) is 1. The van der Waals surface area contributed by atoms with Crippen molar-refractivity contribution in [3.05, 3.63) is 0 Å². The van der Waals surface area contributed by atoms with Crippen molar-refractivity contribution in [1.82, 2.24) is 0 Å². The highest BCUT2D eigenvalue weighted by Crippen LogP contribution is 2.15. The largest absolute Gasteiger partial charge is 0.381 e. The third-order valence-corrected chi connectivity index (χ3v) is 2.31. The lowest BCUT2D eigenvalue weighted by Gasteiger charge is -2.17. The highest BCUT2D eigenvalue weighted by molar-refractivity contribution is 4.61. The molecule has 68 valence electrons. The summed E-state index contributed by atoms with van der Waals surface area (Å²) in [6.07, 6.45) is 5.43. The molecular weight excluding hydrogens is 136 g/mol. The summed E-state index contributed by atoms with van der Waals surface area (Å²) in [5.41, 5.74) is 0. The Kier molecular flexibility index (Phi) is 6.63. The molecule has 0 aromatic rings. The molecule has 2 unspecified atom stereocenters. The van der Waals surface area contributed by atoms with E-state index in [-0.39, 0.29) is 0 Å². The van der Waals surface area contributed by atoms with Crippen LogP contribution in [-0.4, -0.2) is 13.2 Å². The number of ether oxygens (including phenoxy) is 1. The second-order valence-electron chi connectivity index (χ2n) is 3.40. The average Bonchev–Trinajstić information content (AvgIpc) is 2.03. The lowest BCUT2D eigenvalue weighted by atomic mass is 9.98. The Bertz CT molecular complexity index is 80.9. The summed E-state index contributed by atoms with van der Waals surface area (Å²) in [7, 11) is 1.82. The maximum absolute atomic E-state index is 5.36. The lowest BCUT2D eigenvalue weighted by Crippen LogP contribution is -2.13. The van der Waals surface area contributed by atoms with Gasteiger partial charge < -0.3 is 4.74 Å². The van der Waals surface area contributed by atoms with Gasteiger partial charge in [-0.15, -0.1) is 0 Å². The molecule has 0 saturated heterocycles. The van der Waals surface area contributed by atoms with Crippen molar-refractivity contribution >= 4 is 0 Å². The van der Waals surface area contributed by atoms with E-state index in [9.17, 15) is 0 Å². The molecule has 0 aliphatic rings. The average molecular weight is 158 g/mol.